The number of amides is 1. The van der Waals surface area contributed by atoms with Gasteiger partial charge in [0.05, 0.1) is 12.1 Å². The van der Waals surface area contributed by atoms with Crippen LogP contribution in [-0.4, -0.2) is 32.3 Å². The number of aliphatic hydroxyl groups excluding tert-OH is 1. The number of nitrogens with one attached hydrogen (secondary N) is 2. The molecule has 0 bridgehead atoms. The van der Waals surface area contributed by atoms with Crippen LogP contribution in [0.3, 0.4) is 0 Å². The maximum atomic E-state index is 12.7. The second kappa shape index (κ2) is 7.16. The Morgan fingerprint density at radius 2 is 1.87 bits per heavy atom. The third-order valence-corrected chi connectivity index (χ3v) is 5.26. The first-order valence-corrected chi connectivity index (χ1v) is 9.54. The molecule has 2 heterocycles. The summed E-state index contributed by atoms with van der Waals surface area (Å²) in [6.45, 7) is 0. The van der Waals surface area contributed by atoms with Gasteiger partial charge in [-0.1, -0.05) is 36.4 Å². The van der Waals surface area contributed by atoms with Crippen molar-refractivity contribution in [2.45, 2.75) is 18.6 Å². The van der Waals surface area contributed by atoms with Crippen molar-refractivity contribution in [3.8, 4) is 22.9 Å². The van der Waals surface area contributed by atoms with Gasteiger partial charge in [-0.15, -0.1) is 5.10 Å². The Balaban J connectivity index is 1.32. The number of rotatable bonds is 4. The maximum absolute atomic E-state index is 12.7. The van der Waals surface area contributed by atoms with E-state index in [1.165, 1.54) is 0 Å². The maximum Gasteiger partial charge on any atom is 0.251 e. The molecule has 0 saturated heterocycles. The molecule has 0 aliphatic heterocycles. The smallest absolute Gasteiger partial charge is 0.251 e. The molecule has 0 saturated carbocycles. The van der Waals surface area contributed by atoms with E-state index in [1.807, 2.05) is 42.5 Å². The molecule has 2 aromatic carbocycles. The molecule has 0 radical (unpaired) electrons. The van der Waals surface area contributed by atoms with Gasteiger partial charge in [-0.2, -0.15) is 4.98 Å². The summed E-state index contributed by atoms with van der Waals surface area (Å²) < 4.78 is 5.81. The van der Waals surface area contributed by atoms with Gasteiger partial charge in [-0.25, -0.2) is 0 Å². The Kier molecular flexibility index (Phi) is 4.33. The van der Waals surface area contributed by atoms with E-state index in [9.17, 15) is 9.90 Å². The van der Waals surface area contributed by atoms with E-state index in [0.29, 0.717) is 29.3 Å². The molecule has 5 N–H and O–H groups in total. The van der Waals surface area contributed by atoms with Crippen molar-refractivity contribution in [2.75, 3.05) is 5.73 Å². The molecule has 0 unspecified atom stereocenters. The average Bonchev–Trinajstić information content (AvgIpc) is 3.48. The highest BCUT2D eigenvalue weighted by molar-refractivity contribution is 5.95. The van der Waals surface area contributed by atoms with Gasteiger partial charge in [-0.05, 0) is 35.4 Å². The Morgan fingerprint density at radius 3 is 2.63 bits per heavy atom. The Morgan fingerprint density at radius 1 is 1.10 bits per heavy atom. The number of carbonyl (C=O) groups is 1. The van der Waals surface area contributed by atoms with Gasteiger partial charge in [-0.3, -0.25) is 9.89 Å². The van der Waals surface area contributed by atoms with Crippen LogP contribution in [0.2, 0.25) is 0 Å². The number of nitrogens with two attached hydrogens (primary N) is 1. The summed E-state index contributed by atoms with van der Waals surface area (Å²) in [6.07, 6.45) is -0.0881. The van der Waals surface area contributed by atoms with E-state index in [1.54, 1.807) is 18.2 Å². The fourth-order valence-electron chi connectivity index (χ4n) is 3.76. The zero-order chi connectivity index (χ0) is 20.7. The van der Waals surface area contributed by atoms with Crippen LogP contribution in [0.1, 0.15) is 27.5 Å². The van der Waals surface area contributed by atoms with Crippen molar-refractivity contribution in [1.82, 2.24) is 20.5 Å². The highest BCUT2D eigenvalue weighted by Gasteiger charge is 2.32. The lowest BCUT2D eigenvalue weighted by atomic mass is 10.1. The zero-order valence-electron chi connectivity index (χ0n) is 15.9. The lowest BCUT2D eigenvalue weighted by Crippen LogP contribution is -2.33. The number of aromatic amines is 1. The molecular weight excluding hydrogens is 382 g/mol. The third kappa shape index (κ3) is 3.23. The van der Waals surface area contributed by atoms with Gasteiger partial charge >= 0.3 is 0 Å². The fourth-order valence-corrected chi connectivity index (χ4v) is 3.76. The quantitative estimate of drug-likeness (QED) is 0.416. The number of hydrogen-bond donors (Lipinski definition) is 4. The molecule has 150 valence electrons. The van der Waals surface area contributed by atoms with Crippen LogP contribution >= 0.6 is 0 Å². The molecule has 0 spiro atoms. The highest BCUT2D eigenvalue weighted by atomic mass is 16.3. The summed E-state index contributed by atoms with van der Waals surface area (Å²) in [5.41, 5.74) is 8.87. The summed E-state index contributed by atoms with van der Waals surface area (Å²) >= 11 is 0. The molecule has 30 heavy (non-hydrogen) atoms. The number of carbonyl (C=O) groups excluding carboxylic acids is 1. The van der Waals surface area contributed by atoms with Crippen molar-refractivity contribution >= 4 is 11.9 Å². The first-order chi connectivity index (χ1) is 14.6. The largest absolute Gasteiger partial charge is 0.453 e. The van der Waals surface area contributed by atoms with Gasteiger partial charge < -0.3 is 20.6 Å². The minimum atomic E-state index is -0.628. The van der Waals surface area contributed by atoms with E-state index in [4.69, 9.17) is 10.2 Å². The van der Waals surface area contributed by atoms with E-state index >= 15 is 0 Å². The van der Waals surface area contributed by atoms with Crippen molar-refractivity contribution in [3.63, 3.8) is 0 Å². The molecule has 8 heteroatoms. The van der Waals surface area contributed by atoms with Gasteiger partial charge in [0.15, 0.2) is 11.6 Å². The molecule has 0 fully saturated rings. The Hall–Kier alpha value is -3.91. The van der Waals surface area contributed by atoms with Gasteiger partial charge in [0, 0.05) is 17.5 Å². The SMILES string of the molecule is Nc1n[nH]c(-c2ccc(-c3ccc(C(=O)N[C@@H]4c5ccccc5C[C@@H]4O)cc3)o2)n1. The zero-order valence-corrected chi connectivity index (χ0v) is 15.9. The predicted molar refractivity (Wildman–Crippen MR) is 110 cm³/mol. The van der Waals surface area contributed by atoms with E-state index in [-0.39, 0.29) is 11.9 Å². The third-order valence-electron chi connectivity index (χ3n) is 5.26. The molecule has 1 aliphatic carbocycles. The second-order valence-corrected chi connectivity index (χ2v) is 7.20. The normalized spacial score (nSPS) is 17.6. The predicted octanol–water partition coefficient (Wildman–Crippen LogP) is 2.70. The fraction of sp³-hybridized carbons (Fsp3) is 0.136. The standard InChI is InChI=1S/C22H19N5O3/c23-22-25-20(26-27-22)18-10-9-17(30-18)12-5-7-13(8-6-12)21(29)24-19-15-4-2-1-3-14(15)11-16(19)28/h1-10,16,19,28H,11H2,(H,24,29)(H3,23,25,26,27)/t16-,19+/m0/s1. The molecule has 1 aliphatic rings. The summed E-state index contributed by atoms with van der Waals surface area (Å²) in [5, 5.41) is 19.8. The van der Waals surface area contributed by atoms with Crippen molar-refractivity contribution < 1.29 is 14.3 Å². The van der Waals surface area contributed by atoms with Gasteiger partial charge in [0.25, 0.3) is 5.91 Å². The van der Waals surface area contributed by atoms with Crippen LogP contribution in [0.5, 0.6) is 0 Å². The molecular formula is C22H19N5O3. The number of hydrogen-bond acceptors (Lipinski definition) is 6. The molecule has 4 aromatic rings. The summed E-state index contributed by atoms with van der Waals surface area (Å²) in [7, 11) is 0. The second-order valence-electron chi connectivity index (χ2n) is 7.20. The number of furan rings is 1. The van der Waals surface area contributed by atoms with Crippen LogP contribution in [0.25, 0.3) is 22.9 Å². The van der Waals surface area contributed by atoms with Crippen LogP contribution < -0.4 is 11.1 Å². The van der Waals surface area contributed by atoms with E-state index < -0.39 is 12.1 Å². The van der Waals surface area contributed by atoms with Gasteiger partial charge in [0.2, 0.25) is 5.95 Å². The molecule has 1 amide bonds. The van der Waals surface area contributed by atoms with E-state index in [0.717, 1.165) is 16.7 Å². The minimum absolute atomic E-state index is 0.147. The number of benzene rings is 2. The first kappa shape index (κ1) is 18.1. The van der Waals surface area contributed by atoms with Crippen LogP contribution in [0, 0.1) is 0 Å². The molecule has 2 aromatic heterocycles. The lowest BCUT2D eigenvalue weighted by molar-refractivity contribution is 0.0858. The number of aromatic nitrogens is 3. The summed E-state index contributed by atoms with van der Waals surface area (Å²) in [5.74, 6) is 1.51. The topological polar surface area (TPSA) is 130 Å². The number of H-pyrrole nitrogens is 1. The number of aliphatic hydroxyl groups is 1. The highest BCUT2D eigenvalue weighted by Crippen LogP contribution is 2.32. The monoisotopic (exact) mass is 401 g/mol. The molecule has 2 atom stereocenters. The van der Waals surface area contributed by atoms with Crippen molar-refractivity contribution in [1.29, 1.82) is 0 Å². The lowest BCUT2D eigenvalue weighted by Gasteiger charge is -2.18. The van der Waals surface area contributed by atoms with Crippen LogP contribution in [-0.2, 0) is 6.42 Å². The van der Waals surface area contributed by atoms with E-state index in [2.05, 4.69) is 20.5 Å². The Bertz CT molecular complexity index is 1210. The van der Waals surface area contributed by atoms with Gasteiger partial charge in [0.1, 0.15) is 5.76 Å². The van der Waals surface area contributed by atoms with Crippen LogP contribution in [0.4, 0.5) is 5.95 Å². The summed E-state index contributed by atoms with van der Waals surface area (Å²) in [6, 6.07) is 18.0. The number of nitrogen functional groups attached to an aromatic ring is 1. The first-order valence-electron chi connectivity index (χ1n) is 9.54. The summed E-state index contributed by atoms with van der Waals surface area (Å²) in [4.78, 5) is 16.8. The average molecular weight is 401 g/mol. The number of anilines is 1. The van der Waals surface area contributed by atoms with Crippen LogP contribution in [0.15, 0.2) is 65.1 Å². The number of nitrogens with zero attached hydrogens (tertiary/aromatic N) is 2. The van der Waals surface area contributed by atoms with Crippen molar-refractivity contribution in [2.24, 2.45) is 0 Å². The minimum Gasteiger partial charge on any atom is -0.453 e. The van der Waals surface area contributed by atoms with Crippen molar-refractivity contribution in [3.05, 3.63) is 77.4 Å². The number of fused-ring (bicyclic) bond motifs is 1. The molecule has 8 nitrogen and oxygen atoms in total. The Labute approximate surface area is 171 Å². The molecule has 5 rings (SSSR count).